The Morgan fingerprint density at radius 1 is 1.21 bits per heavy atom. The summed E-state index contributed by atoms with van der Waals surface area (Å²) in [5.41, 5.74) is 1.24. The number of carboxylic acids is 1. The predicted octanol–water partition coefficient (Wildman–Crippen LogP) is 2.47. The monoisotopic (exact) mass is 273 g/mol. The van der Waals surface area contributed by atoms with E-state index in [1.165, 1.54) is 12.4 Å². The zero-order valence-electron chi connectivity index (χ0n) is 9.48. The van der Waals surface area contributed by atoms with Gasteiger partial charge in [-0.05, 0) is 23.9 Å². The summed E-state index contributed by atoms with van der Waals surface area (Å²) < 4.78 is 5.50. The van der Waals surface area contributed by atoms with Crippen molar-refractivity contribution in [2.24, 2.45) is 0 Å². The van der Waals surface area contributed by atoms with E-state index in [9.17, 15) is 4.79 Å². The van der Waals surface area contributed by atoms with Gasteiger partial charge in [0, 0.05) is 12.4 Å². The molecular weight excluding hydrogens is 266 g/mol. The van der Waals surface area contributed by atoms with Crippen molar-refractivity contribution < 1.29 is 14.3 Å². The maximum Gasteiger partial charge on any atom is 0.357 e. The second kappa shape index (κ2) is 4.69. The minimum absolute atomic E-state index is 0.116. The van der Waals surface area contributed by atoms with Gasteiger partial charge in [0.15, 0.2) is 11.3 Å². The van der Waals surface area contributed by atoms with Crippen LogP contribution in [0.25, 0.3) is 11.1 Å². The fourth-order valence-electron chi connectivity index (χ4n) is 1.52. The minimum atomic E-state index is -1.13. The van der Waals surface area contributed by atoms with Gasteiger partial charge in [0.2, 0.25) is 0 Å². The zero-order chi connectivity index (χ0) is 13.2. The van der Waals surface area contributed by atoms with Crippen LogP contribution in [-0.4, -0.2) is 26.0 Å². The summed E-state index contributed by atoms with van der Waals surface area (Å²) >= 11 is 1.04. The van der Waals surface area contributed by atoms with Crippen LogP contribution < -0.4 is 0 Å². The Labute approximate surface area is 111 Å². The van der Waals surface area contributed by atoms with Gasteiger partial charge in [-0.25, -0.2) is 19.7 Å². The highest BCUT2D eigenvalue weighted by Crippen LogP contribution is 2.29. The van der Waals surface area contributed by atoms with E-state index in [-0.39, 0.29) is 10.7 Å². The number of aromatic nitrogens is 3. The summed E-state index contributed by atoms with van der Waals surface area (Å²) in [6, 6.07) is 7.30. The second-order valence-corrected chi connectivity index (χ2v) is 4.50. The van der Waals surface area contributed by atoms with Crippen LogP contribution >= 0.6 is 11.8 Å². The first-order valence-electron chi connectivity index (χ1n) is 5.32. The molecule has 2 heterocycles. The molecule has 0 fully saturated rings. The van der Waals surface area contributed by atoms with E-state index in [1.54, 1.807) is 6.07 Å². The largest absolute Gasteiger partial charge is 0.476 e. The Balaban J connectivity index is 1.99. The summed E-state index contributed by atoms with van der Waals surface area (Å²) in [5.74, 6) is -1.13. The molecule has 0 spiro atoms. The van der Waals surface area contributed by atoms with E-state index in [0.717, 1.165) is 11.8 Å². The Kier molecular flexibility index (Phi) is 2.88. The lowest BCUT2D eigenvalue weighted by molar-refractivity contribution is 0.0685. The highest BCUT2D eigenvalue weighted by atomic mass is 32.2. The first kappa shape index (κ1) is 11.7. The highest BCUT2D eigenvalue weighted by molar-refractivity contribution is 7.99. The molecule has 94 valence electrons. The molecule has 6 nitrogen and oxygen atoms in total. The Hall–Kier alpha value is -2.41. The summed E-state index contributed by atoms with van der Waals surface area (Å²) in [6.07, 6.45) is 2.76. The molecule has 0 saturated carbocycles. The van der Waals surface area contributed by atoms with Crippen molar-refractivity contribution in [3.63, 3.8) is 0 Å². The molecule has 2 aromatic heterocycles. The standard InChI is InChI=1S/C12H7N3O3S/c16-11(17)9-10(14-6-5-13-9)19-12-15-7-3-1-2-4-8(7)18-12/h1-6H,(H,16,17). The van der Waals surface area contributed by atoms with Gasteiger partial charge in [0.05, 0.1) is 0 Å². The molecular formula is C12H7N3O3S. The number of hydrogen-bond acceptors (Lipinski definition) is 6. The van der Waals surface area contributed by atoms with E-state index in [4.69, 9.17) is 9.52 Å². The third kappa shape index (κ3) is 2.27. The summed E-state index contributed by atoms with van der Waals surface area (Å²) in [7, 11) is 0. The average molecular weight is 273 g/mol. The van der Waals surface area contributed by atoms with Crippen LogP contribution in [0.1, 0.15) is 10.5 Å². The van der Waals surface area contributed by atoms with Crippen molar-refractivity contribution in [1.29, 1.82) is 0 Å². The van der Waals surface area contributed by atoms with Gasteiger partial charge < -0.3 is 9.52 Å². The Bertz CT molecular complexity index is 724. The van der Waals surface area contributed by atoms with E-state index in [0.29, 0.717) is 16.3 Å². The molecule has 0 bridgehead atoms. The summed E-state index contributed by atoms with van der Waals surface area (Å²) in [6.45, 7) is 0. The summed E-state index contributed by atoms with van der Waals surface area (Å²) in [4.78, 5) is 23.0. The lowest BCUT2D eigenvalue weighted by Gasteiger charge is -1.99. The molecule has 3 rings (SSSR count). The maximum absolute atomic E-state index is 11.0. The van der Waals surface area contributed by atoms with Crippen LogP contribution in [0.5, 0.6) is 0 Å². The third-order valence-electron chi connectivity index (χ3n) is 2.33. The van der Waals surface area contributed by atoms with Gasteiger partial charge in [-0.15, -0.1) is 0 Å². The van der Waals surface area contributed by atoms with Gasteiger partial charge in [-0.2, -0.15) is 0 Å². The predicted molar refractivity (Wildman–Crippen MR) is 67.1 cm³/mol. The van der Waals surface area contributed by atoms with Crippen LogP contribution in [0, 0.1) is 0 Å². The molecule has 7 heteroatoms. The normalized spacial score (nSPS) is 10.7. The number of carbonyl (C=O) groups is 1. The van der Waals surface area contributed by atoms with Crippen molar-refractivity contribution in [3.8, 4) is 0 Å². The van der Waals surface area contributed by atoms with Crippen molar-refractivity contribution in [3.05, 3.63) is 42.4 Å². The fourth-order valence-corrected chi connectivity index (χ4v) is 2.32. The van der Waals surface area contributed by atoms with Gasteiger partial charge in [-0.3, -0.25) is 0 Å². The van der Waals surface area contributed by atoms with Crippen molar-refractivity contribution in [1.82, 2.24) is 15.0 Å². The topological polar surface area (TPSA) is 89.1 Å². The first-order valence-corrected chi connectivity index (χ1v) is 6.13. The molecule has 0 unspecified atom stereocenters. The zero-order valence-corrected chi connectivity index (χ0v) is 10.3. The van der Waals surface area contributed by atoms with Crippen molar-refractivity contribution >= 4 is 28.8 Å². The lowest BCUT2D eigenvalue weighted by atomic mass is 10.3. The number of aromatic carboxylic acids is 1. The number of nitrogens with zero attached hydrogens (tertiary/aromatic N) is 3. The van der Waals surface area contributed by atoms with Gasteiger partial charge in [0.1, 0.15) is 10.5 Å². The molecule has 0 saturated heterocycles. The molecule has 0 radical (unpaired) electrons. The van der Waals surface area contributed by atoms with Gasteiger partial charge in [0.25, 0.3) is 5.22 Å². The van der Waals surface area contributed by atoms with Crippen LogP contribution in [-0.2, 0) is 0 Å². The Morgan fingerprint density at radius 2 is 2.00 bits per heavy atom. The van der Waals surface area contributed by atoms with Crippen LogP contribution in [0.4, 0.5) is 0 Å². The molecule has 3 aromatic rings. The molecule has 0 amide bonds. The third-order valence-corrected chi connectivity index (χ3v) is 3.17. The van der Waals surface area contributed by atoms with E-state index in [2.05, 4.69) is 15.0 Å². The number of oxazole rings is 1. The SMILES string of the molecule is O=C(O)c1nccnc1Sc1nc2ccccc2o1. The molecule has 19 heavy (non-hydrogen) atoms. The number of fused-ring (bicyclic) bond motifs is 1. The van der Waals surface area contributed by atoms with Crippen LogP contribution in [0.2, 0.25) is 0 Å². The molecule has 1 aromatic carbocycles. The molecule has 0 atom stereocenters. The van der Waals surface area contributed by atoms with Crippen molar-refractivity contribution in [2.75, 3.05) is 0 Å². The molecule has 0 aliphatic carbocycles. The van der Waals surface area contributed by atoms with Crippen LogP contribution in [0.15, 0.2) is 51.3 Å². The highest BCUT2D eigenvalue weighted by Gasteiger charge is 2.16. The van der Waals surface area contributed by atoms with Gasteiger partial charge in [-0.1, -0.05) is 12.1 Å². The van der Waals surface area contributed by atoms with Crippen molar-refractivity contribution in [2.45, 2.75) is 10.2 Å². The lowest BCUT2D eigenvalue weighted by Crippen LogP contribution is -2.03. The van der Waals surface area contributed by atoms with Crippen LogP contribution in [0.3, 0.4) is 0 Å². The molecule has 0 aliphatic heterocycles. The fraction of sp³-hybridized carbons (Fsp3) is 0. The quantitative estimate of drug-likeness (QED) is 0.783. The van der Waals surface area contributed by atoms with E-state index < -0.39 is 5.97 Å². The molecule has 1 N–H and O–H groups in total. The summed E-state index contributed by atoms with van der Waals surface area (Å²) in [5, 5.41) is 9.61. The van der Waals surface area contributed by atoms with E-state index in [1.807, 2.05) is 18.2 Å². The van der Waals surface area contributed by atoms with E-state index >= 15 is 0 Å². The number of benzene rings is 1. The second-order valence-electron chi connectivity index (χ2n) is 3.56. The van der Waals surface area contributed by atoms with Gasteiger partial charge >= 0.3 is 5.97 Å². The Morgan fingerprint density at radius 3 is 2.79 bits per heavy atom. The number of para-hydroxylation sites is 2. The average Bonchev–Trinajstić information content (AvgIpc) is 2.81. The maximum atomic E-state index is 11.0. The molecule has 0 aliphatic rings. The number of rotatable bonds is 3. The number of carboxylic acid groups (broad SMARTS) is 1. The smallest absolute Gasteiger partial charge is 0.357 e. The first-order chi connectivity index (χ1) is 9.24. The minimum Gasteiger partial charge on any atom is -0.476 e. The number of hydrogen-bond donors (Lipinski definition) is 1.